The normalized spacial score (nSPS) is 11.0. The first-order valence-corrected chi connectivity index (χ1v) is 7.23. The fraction of sp³-hybridized carbons (Fsp3) is 0.222. The zero-order chi connectivity index (χ0) is 17.7. The molecule has 0 fully saturated rings. The predicted molar refractivity (Wildman–Crippen MR) is 90.1 cm³/mol. The Bertz CT molecular complexity index is 703. The molecule has 6 heteroatoms. The Balaban J connectivity index is 2.39. The van der Waals surface area contributed by atoms with Gasteiger partial charge in [0.2, 0.25) is 5.75 Å². The van der Waals surface area contributed by atoms with Crippen LogP contribution < -0.4 is 9.47 Å². The van der Waals surface area contributed by atoms with Crippen LogP contribution in [0.5, 0.6) is 23.0 Å². The van der Waals surface area contributed by atoms with Crippen LogP contribution in [-0.2, 0) is 13.2 Å². The van der Waals surface area contributed by atoms with Gasteiger partial charge in [0.1, 0.15) is 5.75 Å². The van der Waals surface area contributed by atoms with Crippen molar-refractivity contribution in [3.05, 3.63) is 46.5 Å². The third-order valence-electron chi connectivity index (χ3n) is 3.62. The molecule has 0 aliphatic heterocycles. The van der Waals surface area contributed by atoms with Gasteiger partial charge in [0.05, 0.1) is 27.4 Å². The van der Waals surface area contributed by atoms with Gasteiger partial charge in [-0.1, -0.05) is 12.2 Å². The minimum atomic E-state index is -0.233. The maximum Gasteiger partial charge on any atom is 0.202 e. The van der Waals surface area contributed by atoms with Crippen LogP contribution in [0.2, 0.25) is 0 Å². The summed E-state index contributed by atoms with van der Waals surface area (Å²) >= 11 is 0. The van der Waals surface area contributed by atoms with Crippen LogP contribution in [0.25, 0.3) is 12.2 Å². The van der Waals surface area contributed by atoms with E-state index in [4.69, 9.17) is 9.47 Å². The number of aromatic hydroxyl groups is 2. The molecule has 0 spiro atoms. The van der Waals surface area contributed by atoms with E-state index in [0.29, 0.717) is 22.4 Å². The quantitative estimate of drug-likeness (QED) is 0.606. The second kappa shape index (κ2) is 7.72. The molecule has 6 nitrogen and oxygen atoms in total. The van der Waals surface area contributed by atoms with Crippen LogP contribution >= 0.6 is 0 Å². The molecule has 0 saturated carbocycles. The Kier molecular flexibility index (Phi) is 5.68. The van der Waals surface area contributed by atoms with Gasteiger partial charge in [-0.25, -0.2) is 0 Å². The average Bonchev–Trinajstić information content (AvgIpc) is 2.58. The Morgan fingerprint density at radius 1 is 0.833 bits per heavy atom. The maximum atomic E-state index is 9.80. The number of aliphatic hydroxyl groups excluding tert-OH is 2. The van der Waals surface area contributed by atoms with Crippen LogP contribution in [0, 0.1) is 0 Å². The van der Waals surface area contributed by atoms with Crippen molar-refractivity contribution in [1.82, 2.24) is 0 Å². The molecule has 2 rings (SSSR count). The van der Waals surface area contributed by atoms with Gasteiger partial charge >= 0.3 is 0 Å². The highest BCUT2D eigenvalue weighted by Crippen LogP contribution is 2.37. The smallest absolute Gasteiger partial charge is 0.202 e. The molecule has 0 amide bonds. The molecule has 2 aromatic rings. The molecule has 128 valence electrons. The van der Waals surface area contributed by atoms with Gasteiger partial charge in [-0.15, -0.1) is 0 Å². The molecule has 0 atom stereocenters. The molecule has 0 aromatic heterocycles. The largest absolute Gasteiger partial charge is 0.504 e. The first kappa shape index (κ1) is 17.7. The maximum absolute atomic E-state index is 9.80. The number of methoxy groups -OCH3 is 2. The second-order valence-electron chi connectivity index (χ2n) is 5.10. The molecule has 0 heterocycles. The van der Waals surface area contributed by atoms with E-state index < -0.39 is 0 Å². The van der Waals surface area contributed by atoms with E-state index in [-0.39, 0.29) is 30.5 Å². The summed E-state index contributed by atoms with van der Waals surface area (Å²) in [5.74, 6) is 0.163. The fourth-order valence-electron chi connectivity index (χ4n) is 2.44. The van der Waals surface area contributed by atoms with Crippen molar-refractivity contribution in [3.8, 4) is 23.0 Å². The first-order chi connectivity index (χ1) is 11.5. The molecule has 2 aromatic carbocycles. The number of aliphatic hydroxyl groups is 2. The van der Waals surface area contributed by atoms with Crippen molar-refractivity contribution in [2.75, 3.05) is 14.2 Å². The zero-order valence-electron chi connectivity index (χ0n) is 13.5. The molecule has 0 saturated heterocycles. The number of phenolic OH excluding ortho intramolecular Hbond substituents is 2. The van der Waals surface area contributed by atoms with E-state index in [2.05, 4.69) is 0 Å². The topological polar surface area (TPSA) is 99.4 Å². The number of rotatable bonds is 6. The SMILES string of the molecule is COc1cc(/C=C\c2cc(O)c(OC)c(O)c2)cc(CO)c1CO. The summed E-state index contributed by atoms with van der Waals surface area (Å²) in [6.45, 7) is -0.457. The highest BCUT2D eigenvalue weighted by atomic mass is 16.5. The van der Waals surface area contributed by atoms with Crippen LogP contribution in [0.1, 0.15) is 22.3 Å². The Morgan fingerprint density at radius 3 is 1.88 bits per heavy atom. The van der Waals surface area contributed by atoms with Crippen molar-refractivity contribution in [2.24, 2.45) is 0 Å². The van der Waals surface area contributed by atoms with Gasteiger partial charge < -0.3 is 29.9 Å². The summed E-state index contributed by atoms with van der Waals surface area (Å²) in [5.41, 5.74) is 2.42. The highest BCUT2D eigenvalue weighted by molar-refractivity contribution is 5.73. The van der Waals surface area contributed by atoms with Crippen molar-refractivity contribution in [2.45, 2.75) is 13.2 Å². The first-order valence-electron chi connectivity index (χ1n) is 7.23. The summed E-state index contributed by atoms with van der Waals surface area (Å²) < 4.78 is 10.1. The zero-order valence-corrected chi connectivity index (χ0v) is 13.5. The molecule has 0 aliphatic rings. The Morgan fingerprint density at radius 2 is 1.42 bits per heavy atom. The minimum absolute atomic E-state index is 0.0173. The lowest BCUT2D eigenvalue weighted by atomic mass is 10.0. The predicted octanol–water partition coefficient (Wildman–Crippen LogP) is 2.27. The summed E-state index contributed by atoms with van der Waals surface area (Å²) in [4.78, 5) is 0. The van der Waals surface area contributed by atoms with E-state index in [1.54, 1.807) is 24.3 Å². The minimum Gasteiger partial charge on any atom is -0.504 e. The summed E-state index contributed by atoms with van der Waals surface area (Å²) in [6.07, 6.45) is 3.43. The van der Waals surface area contributed by atoms with E-state index >= 15 is 0 Å². The number of hydrogen-bond donors (Lipinski definition) is 4. The van der Waals surface area contributed by atoms with Crippen LogP contribution in [0.15, 0.2) is 24.3 Å². The summed E-state index contributed by atoms with van der Waals surface area (Å²) in [7, 11) is 2.85. The number of ether oxygens (including phenoxy) is 2. The van der Waals surface area contributed by atoms with Crippen LogP contribution in [-0.4, -0.2) is 34.6 Å². The lowest BCUT2D eigenvalue weighted by Gasteiger charge is -2.12. The van der Waals surface area contributed by atoms with E-state index in [1.165, 1.54) is 26.4 Å². The number of benzene rings is 2. The number of phenols is 2. The molecule has 4 N–H and O–H groups in total. The second-order valence-corrected chi connectivity index (χ2v) is 5.10. The van der Waals surface area contributed by atoms with E-state index in [9.17, 15) is 20.4 Å². The van der Waals surface area contributed by atoms with Gasteiger partial charge in [0, 0.05) is 5.56 Å². The third-order valence-corrected chi connectivity index (χ3v) is 3.62. The average molecular weight is 332 g/mol. The van der Waals surface area contributed by atoms with Gasteiger partial charge in [-0.05, 0) is 41.0 Å². The van der Waals surface area contributed by atoms with Crippen molar-refractivity contribution < 1.29 is 29.9 Å². The lowest BCUT2D eigenvalue weighted by molar-refractivity contribution is 0.254. The Hall–Kier alpha value is -2.70. The summed E-state index contributed by atoms with van der Waals surface area (Å²) in [5, 5.41) is 38.4. The van der Waals surface area contributed by atoms with Crippen LogP contribution in [0.3, 0.4) is 0 Å². The van der Waals surface area contributed by atoms with Gasteiger partial charge in [0.15, 0.2) is 11.5 Å². The van der Waals surface area contributed by atoms with Crippen molar-refractivity contribution in [3.63, 3.8) is 0 Å². The van der Waals surface area contributed by atoms with Crippen LogP contribution in [0.4, 0.5) is 0 Å². The molecule has 0 aliphatic carbocycles. The van der Waals surface area contributed by atoms with E-state index in [0.717, 1.165) is 5.56 Å². The fourth-order valence-corrected chi connectivity index (χ4v) is 2.44. The molecule has 0 unspecified atom stereocenters. The Labute approximate surface area is 139 Å². The standard InChI is InChI=1S/C18H20O6/c1-23-17-8-11(5-13(9-19)14(17)10-20)3-4-12-6-15(21)18(24-2)16(22)7-12/h3-8,19-22H,9-10H2,1-2H3/b4-3-. The van der Waals surface area contributed by atoms with E-state index in [1.807, 2.05) is 0 Å². The van der Waals surface area contributed by atoms with Gasteiger partial charge in [-0.3, -0.25) is 0 Å². The van der Waals surface area contributed by atoms with Gasteiger partial charge in [0.25, 0.3) is 0 Å². The molecular weight excluding hydrogens is 312 g/mol. The number of hydrogen-bond acceptors (Lipinski definition) is 6. The molecular formula is C18H20O6. The highest BCUT2D eigenvalue weighted by Gasteiger charge is 2.10. The lowest BCUT2D eigenvalue weighted by Crippen LogP contribution is -1.99. The monoisotopic (exact) mass is 332 g/mol. The molecule has 24 heavy (non-hydrogen) atoms. The molecule has 0 bridgehead atoms. The third kappa shape index (κ3) is 3.61. The van der Waals surface area contributed by atoms with Gasteiger partial charge in [-0.2, -0.15) is 0 Å². The summed E-state index contributed by atoms with van der Waals surface area (Å²) in [6, 6.07) is 6.38. The van der Waals surface area contributed by atoms with Crippen molar-refractivity contribution in [1.29, 1.82) is 0 Å². The molecule has 0 radical (unpaired) electrons. The van der Waals surface area contributed by atoms with Crippen molar-refractivity contribution >= 4 is 12.2 Å².